The molecular formula is C20H25NO2. The maximum atomic E-state index is 12.7. The van der Waals surface area contributed by atoms with Crippen molar-refractivity contribution < 1.29 is 9.21 Å². The highest BCUT2D eigenvalue weighted by molar-refractivity contribution is 5.96. The van der Waals surface area contributed by atoms with Crippen molar-refractivity contribution in [2.75, 3.05) is 0 Å². The fraction of sp³-hybridized carbons (Fsp3) is 0.450. The number of carbonyl (C=O) groups is 1. The molecular weight excluding hydrogens is 286 g/mol. The molecule has 1 amide bonds. The van der Waals surface area contributed by atoms with E-state index in [1.165, 1.54) is 12.8 Å². The summed E-state index contributed by atoms with van der Waals surface area (Å²) in [5.74, 6) is 1.40. The second-order valence-corrected chi connectivity index (χ2v) is 7.21. The lowest BCUT2D eigenvalue weighted by Gasteiger charge is -2.39. The molecule has 1 N–H and O–H groups in total. The van der Waals surface area contributed by atoms with Crippen molar-refractivity contribution in [1.29, 1.82) is 0 Å². The van der Waals surface area contributed by atoms with Gasteiger partial charge in [0.15, 0.2) is 0 Å². The average Bonchev–Trinajstić information content (AvgIpc) is 2.92. The number of benzene rings is 1. The largest absolute Gasteiger partial charge is 0.461 e. The van der Waals surface area contributed by atoms with Gasteiger partial charge < -0.3 is 9.73 Å². The van der Waals surface area contributed by atoms with Gasteiger partial charge in [-0.25, -0.2) is 0 Å². The summed E-state index contributed by atoms with van der Waals surface area (Å²) in [6, 6.07) is 12.0. The maximum Gasteiger partial charge on any atom is 0.255 e. The SMILES string of the molecule is Cc1oc(-c2ccccc2)cc1C(=O)NC1CCCCC1(C)C. The number of amides is 1. The molecule has 122 valence electrons. The van der Waals surface area contributed by atoms with Crippen LogP contribution in [0.1, 0.15) is 55.6 Å². The van der Waals surface area contributed by atoms with E-state index in [1.54, 1.807) is 0 Å². The average molecular weight is 311 g/mol. The van der Waals surface area contributed by atoms with Crippen LogP contribution < -0.4 is 5.32 Å². The highest BCUT2D eigenvalue weighted by Crippen LogP contribution is 2.35. The minimum absolute atomic E-state index is 0.0200. The zero-order valence-corrected chi connectivity index (χ0v) is 14.2. The van der Waals surface area contributed by atoms with Crippen LogP contribution in [0.15, 0.2) is 40.8 Å². The van der Waals surface area contributed by atoms with E-state index in [-0.39, 0.29) is 17.4 Å². The van der Waals surface area contributed by atoms with Crippen molar-refractivity contribution in [1.82, 2.24) is 5.32 Å². The van der Waals surface area contributed by atoms with Gasteiger partial charge in [0.1, 0.15) is 11.5 Å². The summed E-state index contributed by atoms with van der Waals surface area (Å²) < 4.78 is 5.80. The molecule has 1 fully saturated rings. The highest BCUT2D eigenvalue weighted by Gasteiger charge is 2.33. The Bertz CT molecular complexity index is 685. The van der Waals surface area contributed by atoms with Gasteiger partial charge in [-0.05, 0) is 31.2 Å². The van der Waals surface area contributed by atoms with Gasteiger partial charge in [0.05, 0.1) is 5.56 Å². The Morgan fingerprint density at radius 1 is 1.22 bits per heavy atom. The van der Waals surface area contributed by atoms with Crippen LogP contribution >= 0.6 is 0 Å². The molecule has 1 aromatic carbocycles. The Hall–Kier alpha value is -2.03. The van der Waals surface area contributed by atoms with Crippen molar-refractivity contribution in [3.8, 4) is 11.3 Å². The molecule has 1 saturated carbocycles. The fourth-order valence-electron chi connectivity index (χ4n) is 3.45. The molecule has 1 heterocycles. The molecule has 23 heavy (non-hydrogen) atoms. The van der Waals surface area contributed by atoms with Gasteiger partial charge in [0, 0.05) is 11.6 Å². The minimum Gasteiger partial charge on any atom is -0.461 e. The summed E-state index contributed by atoms with van der Waals surface area (Å²) in [6.45, 7) is 6.34. The number of aryl methyl sites for hydroxylation is 1. The third-order valence-corrected chi connectivity index (χ3v) is 5.03. The quantitative estimate of drug-likeness (QED) is 0.871. The number of nitrogens with one attached hydrogen (secondary N) is 1. The molecule has 0 saturated heterocycles. The first-order valence-corrected chi connectivity index (χ1v) is 8.44. The summed E-state index contributed by atoms with van der Waals surface area (Å²) in [6.07, 6.45) is 4.66. The second kappa shape index (κ2) is 6.23. The third-order valence-electron chi connectivity index (χ3n) is 5.03. The number of rotatable bonds is 3. The van der Waals surface area contributed by atoms with Crippen LogP contribution in [0.4, 0.5) is 0 Å². The number of hydrogen-bond donors (Lipinski definition) is 1. The van der Waals surface area contributed by atoms with Crippen LogP contribution in [0, 0.1) is 12.3 Å². The maximum absolute atomic E-state index is 12.7. The monoisotopic (exact) mass is 311 g/mol. The van der Waals surface area contributed by atoms with E-state index in [4.69, 9.17) is 4.42 Å². The van der Waals surface area contributed by atoms with Crippen molar-refractivity contribution in [2.24, 2.45) is 5.41 Å². The molecule has 0 radical (unpaired) electrons. The lowest BCUT2D eigenvalue weighted by atomic mass is 9.73. The molecule has 1 aromatic heterocycles. The molecule has 1 aliphatic carbocycles. The van der Waals surface area contributed by atoms with Crippen molar-refractivity contribution in [3.63, 3.8) is 0 Å². The summed E-state index contributed by atoms with van der Waals surface area (Å²) in [5, 5.41) is 3.23. The van der Waals surface area contributed by atoms with Gasteiger partial charge >= 0.3 is 0 Å². The van der Waals surface area contributed by atoms with Crippen molar-refractivity contribution in [2.45, 2.75) is 52.5 Å². The Morgan fingerprint density at radius 2 is 1.96 bits per heavy atom. The molecule has 3 rings (SSSR count). The summed E-state index contributed by atoms with van der Waals surface area (Å²) in [4.78, 5) is 12.7. The van der Waals surface area contributed by atoms with Crippen LogP contribution in [-0.2, 0) is 0 Å². The van der Waals surface area contributed by atoms with Crippen LogP contribution in [-0.4, -0.2) is 11.9 Å². The van der Waals surface area contributed by atoms with E-state index in [0.717, 1.165) is 24.2 Å². The van der Waals surface area contributed by atoms with Crippen LogP contribution in [0.3, 0.4) is 0 Å². The Labute approximate surface area is 138 Å². The standard InChI is InChI=1S/C20H25NO2/c1-14-16(13-17(23-14)15-9-5-4-6-10-15)19(22)21-18-11-7-8-12-20(18,2)3/h4-6,9-10,13,18H,7-8,11-12H2,1-3H3,(H,21,22). The van der Waals surface area contributed by atoms with Gasteiger partial charge in [-0.15, -0.1) is 0 Å². The third kappa shape index (κ3) is 3.34. The zero-order chi connectivity index (χ0) is 16.4. The van der Waals surface area contributed by atoms with E-state index in [0.29, 0.717) is 11.3 Å². The Kier molecular flexibility index (Phi) is 4.29. The van der Waals surface area contributed by atoms with Crippen LogP contribution in [0.25, 0.3) is 11.3 Å². The lowest BCUT2D eigenvalue weighted by Crippen LogP contribution is -2.46. The van der Waals surface area contributed by atoms with E-state index >= 15 is 0 Å². The molecule has 2 aromatic rings. The minimum atomic E-state index is -0.0200. The summed E-state index contributed by atoms with van der Waals surface area (Å²) in [7, 11) is 0. The van der Waals surface area contributed by atoms with Crippen LogP contribution in [0.5, 0.6) is 0 Å². The first-order chi connectivity index (χ1) is 11.0. The Balaban J connectivity index is 1.79. The van der Waals surface area contributed by atoms with E-state index in [2.05, 4.69) is 19.2 Å². The van der Waals surface area contributed by atoms with Crippen LogP contribution in [0.2, 0.25) is 0 Å². The fourth-order valence-corrected chi connectivity index (χ4v) is 3.45. The van der Waals surface area contributed by atoms with E-state index < -0.39 is 0 Å². The normalized spacial score (nSPS) is 20.2. The summed E-state index contributed by atoms with van der Waals surface area (Å²) in [5.41, 5.74) is 1.80. The topological polar surface area (TPSA) is 42.2 Å². The number of hydrogen-bond acceptors (Lipinski definition) is 2. The number of carbonyl (C=O) groups excluding carboxylic acids is 1. The lowest BCUT2D eigenvalue weighted by molar-refractivity contribution is 0.0852. The van der Waals surface area contributed by atoms with Crippen molar-refractivity contribution >= 4 is 5.91 Å². The van der Waals surface area contributed by atoms with Gasteiger partial charge in [0.25, 0.3) is 5.91 Å². The Morgan fingerprint density at radius 3 is 2.65 bits per heavy atom. The zero-order valence-electron chi connectivity index (χ0n) is 14.2. The smallest absolute Gasteiger partial charge is 0.255 e. The first kappa shape index (κ1) is 15.9. The predicted molar refractivity (Wildman–Crippen MR) is 92.4 cm³/mol. The predicted octanol–water partition coefficient (Wildman–Crippen LogP) is 4.95. The van der Waals surface area contributed by atoms with Gasteiger partial charge in [-0.3, -0.25) is 4.79 Å². The molecule has 0 spiro atoms. The second-order valence-electron chi connectivity index (χ2n) is 7.21. The first-order valence-electron chi connectivity index (χ1n) is 8.44. The van der Waals surface area contributed by atoms with E-state index in [1.807, 2.05) is 43.3 Å². The van der Waals surface area contributed by atoms with Gasteiger partial charge in [-0.2, -0.15) is 0 Å². The van der Waals surface area contributed by atoms with Crippen molar-refractivity contribution in [3.05, 3.63) is 47.7 Å². The highest BCUT2D eigenvalue weighted by atomic mass is 16.3. The van der Waals surface area contributed by atoms with Gasteiger partial charge in [0.2, 0.25) is 0 Å². The summed E-state index contributed by atoms with van der Waals surface area (Å²) >= 11 is 0. The molecule has 1 aliphatic rings. The molecule has 3 heteroatoms. The van der Waals surface area contributed by atoms with Gasteiger partial charge in [-0.1, -0.05) is 57.0 Å². The molecule has 0 bridgehead atoms. The number of furan rings is 1. The van der Waals surface area contributed by atoms with E-state index in [9.17, 15) is 4.79 Å². The molecule has 3 nitrogen and oxygen atoms in total. The molecule has 1 unspecified atom stereocenters. The molecule has 1 atom stereocenters. The molecule has 0 aliphatic heterocycles.